The van der Waals surface area contributed by atoms with E-state index in [1.54, 1.807) is 0 Å². The topological polar surface area (TPSA) is 52.6 Å². The summed E-state index contributed by atoms with van der Waals surface area (Å²) in [5, 5.41) is 13.4. The van der Waals surface area contributed by atoms with Gasteiger partial charge in [-0.2, -0.15) is 0 Å². The molecule has 122 valence electrons. The van der Waals surface area contributed by atoms with Gasteiger partial charge in [-0.05, 0) is 38.3 Å². The van der Waals surface area contributed by atoms with E-state index in [1.165, 1.54) is 0 Å². The van der Waals surface area contributed by atoms with Crippen molar-refractivity contribution in [1.29, 1.82) is 0 Å². The number of aliphatic hydroxyl groups is 1. The monoisotopic (exact) mass is 304 g/mol. The van der Waals surface area contributed by atoms with E-state index in [9.17, 15) is 9.90 Å². The first-order chi connectivity index (χ1) is 10.5. The van der Waals surface area contributed by atoms with Crippen molar-refractivity contribution >= 4 is 5.91 Å². The summed E-state index contributed by atoms with van der Waals surface area (Å²) in [5.74, 6) is 0.149. The Morgan fingerprint density at radius 3 is 2.73 bits per heavy atom. The Hall–Kier alpha value is -1.39. The number of carbonyl (C=O) groups excluding carboxylic acids is 1. The first-order valence-corrected chi connectivity index (χ1v) is 8.27. The highest BCUT2D eigenvalue weighted by Gasteiger charge is 2.38. The number of benzene rings is 1. The lowest BCUT2D eigenvalue weighted by molar-refractivity contribution is -0.144. The number of rotatable bonds is 6. The van der Waals surface area contributed by atoms with E-state index in [-0.39, 0.29) is 11.3 Å². The van der Waals surface area contributed by atoms with Crippen LogP contribution in [0.15, 0.2) is 30.3 Å². The smallest absolute Gasteiger partial charge is 0.230 e. The van der Waals surface area contributed by atoms with Gasteiger partial charge in [-0.25, -0.2) is 0 Å². The normalized spacial score (nSPS) is 23.0. The van der Waals surface area contributed by atoms with Gasteiger partial charge in [0, 0.05) is 19.6 Å². The van der Waals surface area contributed by atoms with E-state index in [2.05, 4.69) is 5.32 Å². The Bertz CT molecular complexity index is 469. The highest BCUT2D eigenvalue weighted by atomic mass is 16.3. The molecule has 1 aliphatic heterocycles. The zero-order chi connectivity index (χ0) is 16.0. The van der Waals surface area contributed by atoms with Crippen LogP contribution in [0.3, 0.4) is 0 Å². The minimum atomic E-state index is -0.465. The second kappa shape index (κ2) is 7.75. The molecule has 1 fully saturated rings. The molecule has 1 aromatic rings. The van der Waals surface area contributed by atoms with Crippen LogP contribution < -0.4 is 5.32 Å². The Kier molecular flexibility index (Phi) is 5.98. The van der Waals surface area contributed by atoms with Crippen molar-refractivity contribution < 1.29 is 9.90 Å². The van der Waals surface area contributed by atoms with E-state index in [0.29, 0.717) is 19.5 Å². The number of carbonyl (C=O) groups is 1. The highest BCUT2D eigenvalue weighted by molar-refractivity contribution is 5.82. The molecule has 0 spiro atoms. The molecule has 0 bridgehead atoms. The molecule has 0 aliphatic carbocycles. The molecule has 1 amide bonds. The van der Waals surface area contributed by atoms with E-state index in [1.807, 2.05) is 49.1 Å². The summed E-state index contributed by atoms with van der Waals surface area (Å²) in [4.78, 5) is 14.9. The second-order valence-corrected chi connectivity index (χ2v) is 6.57. The van der Waals surface area contributed by atoms with Crippen molar-refractivity contribution in [2.45, 2.75) is 45.8 Å². The molecule has 2 atom stereocenters. The molecule has 1 aliphatic rings. The van der Waals surface area contributed by atoms with Gasteiger partial charge in [-0.3, -0.25) is 4.79 Å². The van der Waals surface area contributed by atoms with Crippen LogP contribution in [0, 0.1) is 5.41 Å². The molecule has 1 saturated heterocycles. The van der Waals surface area contributed by atoms with E-state index >= 15 is 0 Å². The van der Waals surface area contributed by atoms with Crippen LogP contribution in [0.1, 0.15) is 38.7 Å². The summed E-state index contributed by atoms with van der Waals surface area (Å²) in [6.45, 7) is 6.65. The van der Waals surface area contributed by atoms with Gasteiger partial charge in [0.1, 0.15) is 0 Å². The highest BCUT2D eigenvalue weighted by Crippen LogP contribution is 2.29. The zero-order valence-corrected chi connectivity index (χ0v) is 13.7. The summed E-state index contributed by atoms with van der Waals surface area (Å²) < 4.78 is 0. The Balaban J connectivity index is 2.13. The fourth-order valence-corrected chi connectivity index (χ4v) is 3.03. The molecule has 0 radical (unpaired) electrons. The summed E-state index contributed by atoms with van der Waals surface area (Å²) in [7, 11) is 0. The van der Waals surface area contributed by atoms with Crippen LogP contribution in [-0.2, 0) is 11.3 Å². The number of piperidine rings is 1. The molecule has 0 saturated carbocycles. The van der Waals surface area contributed by atoms with Crippen molar-refractivity contribution in [1.82, 2.24) is 10.2 Å². The lowest BCUT2D eigenvalue weighted by atomic mass is 9.81. The molecule has 2 rings (SSSR count). The van der Waals surface area contributed by atoms with E-state index < -0.39 is 6.10 Å². The van der Waals surface area contributed by atoms with Crippen molar-refractivity contribution in [3.8, 4) is 0 Å². The zero-order valence-electron chi connectivity index (χ0n) is 13.7. The number of amides is 1. The van der Waals surface area contributed by atoms with Crippen LogP contribution in [-0.4, -0.2) is 41.7 Å². The largest absolute Gasteiger partial charge is 0.391 e. The van der Waals surface area contributed by atoms with Gasteiger partial charge in [0.2, 0.25) is 5.91 Å². The first kappa shape index (κ1) is 17.0. The Morgan fingerprint density at radius 2 is 2.14 bits per heavy atom. The maximum Gasteiger partial charge on any atom is 0.230 e. The number of nitrogens with one attached hydrogen (secondary N) is 1. The summed E-state index contributed by atoms with van der Waals surface area (Å²) in [6.07, 6.45) is 2.13. The van der Waals surface area contributed by atoms with E-state index in [0.717, 1.165) is 31.5 Å². The number of aliphatic hydroxyl groups excluding tert-OH is 1. The van der Waals surface area contributed by atoms with Crippen LogP contribution in [0.25, 0.3) is 0 Å². The van der Waals surface area contributed by atoms with Gasteiger partial charge in [0.25, 0.3) is 0 Å². The SMILES string of the molecule is CC[C@@H](O)CN(Cc1ccccc1)C(=O)[C@@]1(C)CCCNC1. The average Bonchev–Trinajstić information content (AvgIpc) is 2.55. The van der Waals surface area contributed by atoms with Crippen molar-refractivity contribution in [2.75, 3.05) is 19.6 Å². The standard InChI is InChI=1S/C18H28N2O2/c1-3-16(21)13-20(12-15-8-5-4-6-9-15)17(22)18(2)10-7-11-19-14-18/h4-6,8-9,16,19,21H,3,7,10-14H2,1-2H3/t16-,18+/m1/s1. The van der Waals surface area contributed by atoms with Gasteiger partial charge in [-0.15, -0.1) is 0 Å². The third kappa shape index (κ3) is 4.31. The first-order valence-electron chi connectivity index (χ1n) is 8.27. The maximum atomic E-state index is 13.1. The fourth-order valence-electron chi connectivity index (χ4n) is 3.03. The molecular formula is C18H28N2O2. The van der Waals surface area contributed by atoms with Gasteiger partial charge in [0.05, 0.1) is 11.5 Å². The van der Waals surface area contributed by atoms with Gasteiger partial charge in [0.15, 0.2) is 0 Å². The van der Waals surface area contributed by atoms with Gasteiger partial charge >= 0.3 is 0 Å². The average molecular weight is 304 g/mol. The molecule has 0 unspecified atom stereocenters. The third-order valence-corrected chi connectivity index (χ3v) is 4.52. The van der Waals surface area contributed by atoms with Crippen LogP contribution in [0.2, 0.25) is 0 Å². The minimum Gasteiger partial charge on any atom is -0.391 e. The maximum absolute atomic E-state index is 13.1. The van der Waals surface area contributed by atoms with Crippen molar-refractivity contribution in [3.63, 3.8) is 0 Å². The predicted molar refractivity (Wildman–Crippen MR) is 88.4 cm³/mol. The van der Waals surface area contributed by atoms with Gasteiger partial charge in [-0.1, -0.05) is 37.3 Å². The van der Waals surface area contributed by atoms with Gasteiger partial charge < -0.3 is 15.3 Å². The molecule has 4 heteroatoms. The summed E-state index contributed by atoms with van der Waals surface area (Å²) >= 11 is 0. The number of hydrogen-bond acceptors (Lipinski definition) is 3. The third-order valence-electron chi connectivity index (χ3n) is 4.52. The molecule has 1 aromatic carbocycles. The molecule has 0 aromatic heterocycles. The predicted octanol–water partition coefficient (Wildman–Crippen LogP) is 2.18. The molecule has 1 heterocycles. The van der Waals surface area contributed by atoms with E-state index in [4.69, 9.17) is 0 Å². The molecular weight excluding hydrogens is 276 g/mol. The minimum absolute atomic E-state index is 0.149. The fraction of sp³-hybridized carbons (Fsp3) is 0.611. The molecule has 4 nitrogen and oxygen atoms in total. The lowest BCUT2D eigenvalue weighted by Crippen LogP contribution is -2.51. The molecule has 22 heavy (non-hydrogen) atoms. The van der Waals surface area contributed by atoms with Crippen LogP contribution in [0.4, 0.5) is 0 Å². The summed E-state index contributed by atoms with van der Waals surface area (Å²) in [6, 6.07) is 10.00. The quantitative estimate of drug-likeness (QED) is 0.847. The number of hydrogen-bond donors (Lipinski definition) is 2. The van der Waals surface area contributed by atoms with Crippen molar-refractivity contribution in [3.05, 3.63) is 35.9 Å². The summed E-state index contributed by atoms with van der Waals surface area (Å²) in [5.41, 5.74) is 0.743. The Morgan fingerprint density at radius 1 is 1.41 bits per heavy atom. The van der Waals surface area contributed by atoms with Crippen molar-refractivity contribution in [2.24, 2.45) is 5.41 Å². The van der Waals surface area contributed by atoms with Crippen LogP contribution >= 0.6 is 0 Å². The second-order valence-electron chi connectivity index (χ2n) is 6.57. The number of nitrogens with zero attached hydrogens (tertiary/aromatic N) is 1. The van der Waals surface area contributed by atoms with Crippen LogP contribution in [0.5, 0.6) is 0 Å². The lowest BCUT2D eigenvalue weighted by Gasteiger charge is -2.38. The molecule has 2 N–H and O–H groups in total. The Labute approximate surface area is 133 Å².